The van der Waals surface area contributed by atoms with Crippen LogP contribution in [0.4, 0.5) is 0 Å². The van der Waals surface area contributed by atoms with Crippen molar-refractivity contribution in [2.24, 2.45) is 11.1 Å². The molecule has 1 aliphatic heterocycles. The van der Waals surface area contributed by atoms with E-state index in [1.807, 2.05) is 0 Å². The summed E-state index contributed by atoms with van der Waals surface area (Å²) >= 11 is 0. The van der Waals surface area contributed by atoms with Gasteiger partial charge in [0.1, 0.15) is 6.04 Å². The van der Waals surface area contributed by atoms with E-state index in [1.54, 1.807) is 28.5 Å². The predicted octanol–water partition coefficient (Wildman–Crippen LogP) is -1.55. The Hall–Kier alpha value is -2.28. The van der Waals surface area contributed by atoms with Gasteiger partial charge in [-0.15, -0.1) is 0 Å². The molecule has 0 amide bonds. The Morgan fingerprint density at radius 1 is 0.839 bits per heavy atom. The fraction of sp³-hybridized carbons (Fsp3) is 0.789. The molecule has 1 saturated heterocycles. The number of carbonyl (C=O) groups excluding carboxylic acids is 1. The van der Waals surface area contributed by atoms with Gasteiger partial charge in [0, 0.05) is 44.7 Å². The molecular weight excluding hydrogens is 412 g/mol. The van der Waals surface area contributed by atoms with Crippen LogP contribution >= 0.6 is 0 Å². The highest BCUT2D eigenvalue weighted by molar-refractivity contribution is 5.73. The largest absolute Gasteiger partial charge is 0.480 e. The van der Waals surface area contributed by atoms with Gasteiger partial charge in [-0.3, -0.25) is 33.9 Å². The van der Waals surface area contributed by atoms with Gasteiger partial charge in [0.15, 0.2) is 0 Å². The van der Waals surface area contributed by atoms with Gasteiger partial charge in [-0.1, -0.05) is 13.8 Å². The number of ether oxygens (including phenoxy) is 1. The summed E-state index contributed by atoms with van der Waals surface area (Å²) in [6.45, 7) is 5.67. The Kier molecular flexibility index (Phi) is 10.8. The zero-order valence-corrected chi connectivity index (χ0v) is 18.2. The van der Waals surface area contributed by atoms with Crippen LogP contribution in [0.1, 0.15) is 20.3 Å². The Morgan fingerprint density at radius 3 is 1.58 bits per heavy atom. The summed E-state index contributed by atoms with van der Waals surface area (Å²) in [5, 5.41) is 27.1. The number of carbonyl (C=O) groups is 4. The van der Waals surface area contributed by atoms with Crippen LogP contribution in [-0.2, 0) is 23.9 Å². The quantitative estimate of drug-likeness (QED) is 0.269. The van der Waals surface area contributed by atoms with Crippen LogP contribution in [0.25, 0.3) is 0 Å². The highest BCUT2D eigenvalue weighted by atomic mass is 16.5. The Labute approximate surface area is 181 Å². The first-order chi connectivity index (χ1) is 14.4. The average Bonchev–Trinajstić information content (AvgIpc) is 2.72. The highest BCUT2D eigenvalue weighted by Crippen LogP contribution is 2.22. The zero-order chi connectivity index (χ0) is 23.6. The maximum atomic E-state index is 12.4. The third kappa shape index (κ3) is 11.6. The number of rotatable bonds is 11. The molecule has 12 nitrogen and oxygen atoms in total. The molecule has 0 spiro atoms. The number of carboxylic acid groups (broad SMARTS) is 3. The van der Waals surface area contributed by atoms with Crippen LogP contribution in [0.3, 0.4) is 0 Å². The van der Waals surface area contributed by atoms with Gasteiger partial charge in [-0.2, -0.15) is 0 Å². The van der Waals surface area contributed by atoms with Gasteiger partial charge in [0.25, 0.3) is 0 Å². The molecule has 0 radical (unpaired) electrons. The molecule has 1 atom stereocenters. The van der Waals surface area contributed by atoms with Crippen molar-refractivity contribution in [2.75, 3.05) is 65.5 Å². The molecule has 1 aliphatic rings. The summed E-state index contributed by atoms with van der Waals surface area (Å²) in [5.74, 6) is -3.56. The van der Waals surface area contributed by atoms with Gasteiger partial charge < -0.3 is 25.8 Å². The van der Waals surface area contributed by atoms with Crippen molar-refractivity contribution in [3.8, 4) is 0 Å². The SMILES string of the molecule is CC(C)(COC(=O)CN1CCN(CC(=O)O)CCN(CC(=O)O)CC1)C[C@H](N)C(=O)O. The average molecular weight is 447 g/mol. The number of nitrogens with zero attached hydrogens (tertiary/aromatic N) is 3. The lowest BCUT2D eigenvalue weighted by Gasteiger charge is -2.27. The van der Waals surface area contributed by atoms with Gasteiger partial charge in [0.2, 0.25) is 0 Å². The van der Waals surface area contributed by atoms with E-state index in [-0.39, 0.29) is 32.7 Å². The van der Waals surface area contributed by atoms with E-state index in [2.05, 4.69) is 0 Å². The van der Waals surface area contributed by atoms with Crippen LogP contribution in [0.15, 0.2) is 0 Å². The molecule has 5 N–H and O–H groups in total. The Bertz CT molecular complexity index is 614. The van der Waals surface area contributed by atoms with Crippen LogP contribution in [0.5, 0.6) is 0 Å². The summed E-state index contributed by atoms with van der Waals surface area (Å²) in [5.41, 5.74) is 4.95. The molecule has 1 fully saturated rings. The van der Waals surface area contributed by atoms with Gasteiger partial charge in [-0.25, -0.2) is 0 Å². The van der Waals surface area contributed by atoms with E-state index in [1.165, 1.54) is 0 Å². The predicted molar refractivity (Wildman–Crippen MR) is 110 cm³/mol. The molecule has 0 aromatic carbocycles. The number of carboxylic acids is 3. The molecule has 0 unspecified atom stereocenters. The van der Waals surface area contributed by atoms with Crippen molar-refractivity contribution >= 4 is 23.9 Å². The minimum atomic E-state index is -1.12. The van der Waals surface area contributed by atoms with Crippen molar-refractivity contribution in [1.29, 1.82) is 0 Å². The minimum Gasteiger partial charge on any atom is -0.480 e. The molecular formula is C19H34N4O8. The molecule has 31 heavy (non-hydrogen) atoms. The molecule has 0 aromatic rings. The van der Waals surface area contributed by atoms with Gasteiger partial charge in [-0.05, 0) is 6.42 Å². The summed E-state index contributed by atoms with van der Waals surface area (Å²) in [6, 6.07) is -1.05. The first-order valence-electron chi connectivity index (χ1n) is 10.1. The van der Waals surface area contributed by atoms with E-state index in [0.29, 0.717) is 39.3 Å². The lowest BCUT2D eigenvalue weighted by atomic mass is 9.87. The van der Waals surface area contributed by atoms with Crippen LogP contribution in [0, 0.1) is 5.41 Å². The molecule has 1 heterocycles. The number of hydrogen-bond donors (Lipinski definition) is 4. The first kappa shape index (κ1) is 26.8. The van der Waals surface area contributed by atoms with Crippen molar-refractivity contribution in [1.82, 2.24) is 14.7 Å². The summed E-state index contributed by atoms with van der Waals surface area (Å²) < 4.78 is 5.33. The zero-order valence-electron chi connectivity index (χ0n) is 18.2. The van der Waals surface area contributed by atoms with Crippen LogP contribution in [-0.4, -0.2) is 125 Å². The number of hydrogen-bond acceptors (Lipinski definition) is 9. The van der Waals surface area contributed by atoms with Gasteiger partial charge >= 0.3 is 23.9 Å². The van der Waals surface area contributed by atoms with Crippen molar-refractivity contribution in [3.63, 3.8) is 0 Å². The molecule has 0 saturated carbocycles. The topological polar surface area (TPSA) is 174 Å². The number of nitrogens with two attached hydrogens (primary N) is 1. The highest BCUT2D eigenvalue weighted by Gasteiger charge is 2.27. The van der Waals surface area contributed by atoms with E-state index in [9.17, 15) is 19.2 Å². The normalized spacial score (nSPS) is 18.4. The second-order valence-electron chi connectivity index (χ2n) is 8.59. The Balaban J connectivity index is 2.66. The van der Waals surface area contributed by atoms with E-state index in [0.717, 1.165) is 0 Å². The smallest absolute Gasteiger partial charge is 0.320 e. The fourth-order valence-electron chi connectivity index (χ4n) is 3.29. The first-order valence-corrected chi connectivity index (χ1v) is 10.1. The van der Waals surface area contributed by atoms with Crippen molar-refractivity contribution in [3.05, 3.63) is 0 Å². The molecule has 12 heteroatoms. The number of esters is 1. The fourth-order valence-corrected chi connectivity index (χ4v) is 3.29. The monoisotopic (exact) mass is 446 g/mol. The lowest BCUT2D eigenvalue weighted by molar-refractivity contribution is -0.149. The summed E-state index contributed by atoms with van der Waals surface area (Å²) in [4.78, 5) is 50.7. The lowest BCUT2D eigenvalue weighted by Crippen LogP contribution is -2.41. The second kappa shape index (κ2) is 12.5. The number of aliphatic carboxylic acids is 3. The van der Waals surface area contributed by atoms with E-state index >= 15 is 0 Å². The molecule has 0 aliphatic carbocycles. The van der Waals surface area contributed by atoms with Crippen molar-refractivity contribution in [2.45, 2.75) is 26.3 Å². The second-order valence-corrected chi connectivity index (χ2v) is 8.59. The van der Waals surface area contributed by atoms with Gasteiger partial charge in [0.05, 0.1) is 26.2 Å². The van der Waals surface area contributed by atoms with E-state index in [4.69, 9.17) is 25.8 Å². The Morgan fingerprint density at radius 2 is 1.23 bits per heavy atom. The van der Waals surface area contributed by atoms with E-state index < -0.39 is 35.3 Å². The van der Waals surface area contributed by atoms with Crippen molar-refractivity contribution < 1.29 is 39.2 Å². The summed E-state index contributed by atoms with van der Waals surface area (Å²) in [6.07, 6.45) is 0.146. The summed E-state index contributed by atoms with van der Waals surface area (Å²) in [7, 11) is 0. The molecule has 1 rings (SSSR count). The molecule has 0 bridgehead atoms. The van der Waals surface area contributed by atoms with Crippen LogP contribution < -0.4 is 5.73 Å². The maximum absolute atomic E-state index is 12.4. The molecule has 178 valence electrons. The minimum absolute atomic E-state index is 0.0108. The third-order valence-corrected chi connectivity index (χ3v) is 4.98. The standard InChI is InChI=1S/C19H34N4O8/c1-19(2,9-14(20)18(29)30)13-31-17(28)12-23-7-5-21(10-15(24)25)3-4-22(6-8-23)11-16(26)27/h14H,3-13,20H2,1-2H3,(H,24,25)(H,26,27)(H,29,30)/t14-/m0/s1. The third-order valence-electron chi connectivity index (χ3n) is 4.98. The maximum Gasteiger partial charge on any atom is 0.320 e. The van der Waals surface area contributed by atoms with Crippen LogP contribution in [0.2, 0.25) is 0 Å². The molecule has 0 aromatic heterocycles.